The number of rotatable bonds is 4. The molecule has 0 amide bonds. The van der Waals surface area contributed by atoms with E-state index >= 15 is 0 Å². The maximum absolute atomic E-state index is 12.7. The molecule has 1 atom stereocenters. The van der Waals surface area contributed by atoms with Gasteiger partial charge >= 0.3 is 5.97 Å². The fourth-order valence-electron chi connectivity index (χ4n) is 2.88. The van der Waals surface area contributed by atoms with Crippen molar-refractivity contribution >= 4 is 23.5 Å². The summed E-state index contributed by atoms with van der Waals surface area (Å²) in [5, 5.41) is 0.599. The van der Waals surface area contributed by atoms with Gasteiger partial charge in [0, 0.05) is 17.9 Å². The highest BCUT2D eigenvalue weighted by Gasteiger charge is 2.26. The van der Waals surface area contributed by atoms with Crippen LogP contribution in [0.1, 0.15) is 44.3 Å². The first kappa shape index (κ1) is 18.4. The van der Waals surface area contributed by atoms with E-state index in [-0.39, 0.29) is 11.3 Å². The van der Waals surface area contributed by atoms with Crippen molar-refractivity contribution in [2.75, 3.05) is 5.75 Å². The number of aryl methyl sites for hydroxylation is 3. The summed E-state index contributed by atoms with van der Waals surface area (Å²) in [5.41, 5.74) is 2.88. The Balaban J connectivity index is 1.81. The molecular weight excluding hydrogens is 352 g/mol. The second kappa shape index (κ2) is 7.07. The summed E-state index contributed by atoms with van der Waals surface area (Å²) < 4.78 is 6.73. The molecule has 0 radical (unpaired) electrons. The maximum Gasteiger partial charge on any atom is 0.346 e. The third-order valence-electron chi connectivity index (χ3n) is 4.54. The lowest BCUT2D eigenvalue weighted by Crippen LogP contribution is -2.31. The number of ether oxygens (including phenoxy) is 1. The van der Waals surface area contributed by atoms with Gasteiger partial charge in [0.25, 0.3) is 5.56 Å². The SMILES string of the molecule is Cc1cc(C)c(C(=O)[C@@H](C)OC(=O)c2cnc3n(c2=O)CCS3)cc1C. The molecule has 0 saturated heterocycles. The second-order valence-corrected chi connectivity index (χ2v) is 7.48. The zero-order chi connectivity index (χ0) is 19.0. The number of nitrogens with zero attached hydrogens (tertiary/aromatic N) is 2. The van der Waals surface area contributed by atoms with Gasteiger partial charge in [-0.15, -0.1) is 0 Å². The lowest BCUT2D eigenvalue weighted by atomic mass is 9.96. The molecule has 0 unspecified atom stereocenters. The van der Waals surface area contributed by atoms with Crippen molar-refractivity contribution in [1.29, 1.82) is 0 Å². The number of carbonyl (C=O) groups excluding carboxylic acids is 2. The van der Waals surface area contributed by atoms with Crippen LogP contribution in [0.15, 0.2) is 28.3 Å². The number of hydrogen-bond acceptors (Lipinski definition) is 6. The van der Waals surface area contributed by atoms with Crippen LogP contribution >= 0.6 is 11.8 Å². The summed E-state index contributed by atoms with van der Waals surface area (Å²) in [6, 6.07) is 3.74. The Morgan fingerprint density at radius 3 is 2.58 bits per heavy atom. The van der Waals surface area contributed by atoms with Crippen molar-refractivity contribution in [3.8, 4) is 0 Å². The maximum atomic E-state index is 12.7. The minimum Gasteiger partial charge on any atom is -0.450 e. The Kier molecular flexibility index (Phi) is 5.00. The van der Waals surface area contributed by atoms with E-state index in [1.165, 1.54) is 29.4 Å². The first-order valence-corrected chi connectivity index (χ1v) is 9.34. The number of Topliss-reactive ketones (excluding diaryl/α,β-unsaturated/α-hetero) is 1. The fraction of sp³-hybridized carbons (Fsp3) is 0.368. The highest BCUT2D eigenvalue weighted by atomic mass is 32.2. The number of ketones is 1. The molecule has 0 N–H and O–H groups in total. The molecule has 26 heavy (non-hydrogen) atoms. The van der Waals surface area contributed by atoms with Gasteiger partial charge in [-0.1, -0.05) is 17.8 Å². The van der Waals surface area contributed by atoms with Crippen molar-refractivity contribution in [3.05, 3.63) is 56.5 Å². The third kappa shape index (κ3) is 3.31. The van der Waals surface area contributed by atoms with E-state index in [0.717, 1.165) is 22.4 Å². The second-order valence-electron chi connectivity index (χ2n) is 6.42. The van der Waals surface area contributed by atoms with E-state index in [0.29, 0.717) is 17.3 Å². The molecule has 0 fully saturated rings. The van der Waals surface area contributed by atoms with Crippen molar-refractivity contribution in [2.24, 2.45) is 0 Å². The average molecular weight is 372 g/mol. The number of thioether (sulfide) groups is 1. The molecule has 1 aromatic heterocycles. The molecular formula is C19H20N2O4S. The quantitative estimate of drug-likeness (QED) is 0.466. The minimum atomic E-state index is -0.990. The van der Waals surface area contributed by atoms with Crippen LogP contribution in [-0.2, 0) is 11.3 Å². The van der Waals surface area contributed by atoms with Crippen LogP contribution in [0, 0.1) is 20.8 Å². The van der Waals surface area contributed by atoms with Gasteiger partial charge < -0.3 is 4.74 Å². The highest BCUT2D eigenvalue weighted by Crippen LogP contribution is 2.21. The van der Waals surface area contributed by atoms with E-state index in [2.05, 4.69) is 4.98 Å². The smallest absolute Gasteiger partial charge is 0.346 e. The Morgan fingerprint density at radius 1 is 1.15 bits per heavy atom. The molecule has 2 heterocycles. The summed E-state index contributed by atoms with van der Waals surface area (Å²) in [7, 11) is 0. The Hall–Kier alpha value is -2.41. The van der Waals surface area contributed by atoms with Gasteiger partial charge in [-0.2, -0.15) is 0 Å². The monoisotopic (exact) mass is 372 g/mol. The molecule has 136 valence electrons. The van der Waals surface area contributed by atoms with Crippen LogP contribution in [0.3, 0.4) is 0 Å². The van der Waals surface area contributed by atoms with Crippen molar-refractivity contribution in [1.82, 2.24) is 9.55 Å². The normalized spacial score (nSPS) is 14.0. The van der Waals surface area contributed by atoms with E-state index in [4.69, 9.17) is 4.74 Å². The molecule has 0 spiro atoms. The molecule has 7 heteroatoms. The molecule has 0 saturated carbocycles. The van der Waals surface area contributed by atoms with Crippen molar-refractivity contribution in [3.63, 3.8) is 0 Å². The number of fused-ring (bicyclic) bond motifs is 1. The Bertz CT molecular complexity index is 965. The lowest BCUT2D eigenvalue weighted by Gasteiger charge is -2.15. The van der Waals surface area contributed by atoms with Gasteiger partial charge in [0.05, 0.1) is 6.20 Å². The molecule has 2 aromatic rings. The van der Waals surface area contributed by atoms with Crippen LogP contribution < -0.4 is 5.56 Å². The Labute approximate surface area is 155 Å². The van der Waals surface area contributed by atoms with Crippen molar-refractivity contribution in [2.45, 2.75) is 45.5 Å². The molecule has 1 aromatic carbocycles. The molecule has 3 rings (SSSR count). The first-order valence-electron chi connectivity index (χ1n) is 8.35. The van der Waals surface area contributed by atoms with Crippen molar-refractivity contribution < 1.29 is 14.3 Å². The van der Waals surface area contributed by atoms with Crippen LogP contribution in [0.5, 0.6) is 0 Å². The van der Waals surface area contributed by atoms with Crippen LogP contribution in [0.4, 0.5) is 0 Å². The van der Waals surface area contributed by atoms with Gasteiger partial charge in [-0.25, -0.2) is 9.78 Å². The van der Waals surface area contributed by atoms with Gasteiger partial charge in [0.1, 0.15) is 5.56 Å². The fourth-order valence-corrected chi connectivity index (χ4v) is 3.79. The summed E-state index contributed by atoms with van der Waals surface area (Å²) in [4.78, 5) is 41.6. The van der Waals surface area contributed by atoms with E-state index in [1.807, 2.05) is 26.8 Å². The summed E-state index contributed by atoms with van der Waals surface area (Å²) >= 11 is 1.47. The number of hydrogen-bond donors (Lipinski definition) is 0. The largest absolute Gasteiger partial charge is 0.450 e. The number of aromatic nitrogens is 2. The summed E-state index contributed by atoms with van der Waals surface area (Å²) in [5.74, 6) is -0.359. The van der Waals surface area contributed by atoms with Crippen LogP contribution in [0.25, 0.3) is 0 Å². The number of benzene rings is 1. The molecule has 0 bridgehead atoms. The average Bonchev–Trinajstić information content (AvgIpc) is 3.07. The first-order chi connectivity index (χ1) is 12.3. The predicted molar refractivity (Wildman–Crippen MR) is 99.1 cm³/mol. The standard InChI is InChI=1S/C19H20N2O4S/c1-10-7-12(3)14(8-11(10)2)16(22)13(4)25-18(24)15-9-20-19-21(17(15)23)5-6-26-19/h7-9,13H,5-6H2,1-4H3/t13-/m1/s1. The topological polar surface area (TPSA) is 78.3 Å². The van der Waals surface area contributed by atoms with E-state index in [9.17, 15) is 14.4 Å². The molecule has 1 aliphatic heterocycles. The molecule has 6 nitrogen and oxygen atoms in total. The van der Waals surface area contributed by atoms with Crippen LogP contribution in [0.2, 0.25) is 0 Å². The van der Waals surface area contributed by atoms with Gasteiger partial charge in [-0.05, 0) is 50.5 Å². The number of esters is 1. The summed E-state index contributed by atoms with van der Waals surface area (Å²) in [6.45, 7) is 7.79. The van der Waals surface area contributed by atoms with Gasteiger partial charge in [-0.3, -0.25) is 14.2 Å². The van der Waals surface area contributed by atoms with E-state index in [1.54, 1.807) is 6.07 Å². The lowest BCUT2D eigenvalue weighted by molar-refractivity contribution is 0.0315. The summed E-state index contributed by atoms with van der Waals surface area (Å²) in [6.07, 6.45) is 0.239. The zero-order valence-corrected chi connectivity index (χ0v) is 16.0. The highest BCUT2D eigenvalue weighted by molar-refractivity contribution is 7.99. The number of carbonyl (C=O) groups is 2. The van der Waals surface area contributed by atoms with Gasteiger partial charge in [0.15, 0.2) is 11.3 Å². The Morgan fingerprint density at radius 2 is 1.85 bits per heavy atom. The van der Waals surface area contributed by atoms with Gasteiger partial charge in [0.2, 0.25) is 5.78 Å². The predicted octanol–water partition coefficient (Wildman–Crippen LogP) is 2.70. The molecule has 0 aliphatic carbocycles. The zero-order valence-electron chi connectivity index (χ0n) is 15.2. The van der Waals surface area contributed by atoms with Crippen LogP contribution in [-0.4, -0.2) is 33.2 Å². The molecule has 1 aliphatic rings. The van der Waals surface area contributed by atoms with E-state index < -0.39 is 17.6 Å². The third-order valence-corrected chi connectivity index (χ3v) is 5.51. The minimum absolute atomic E-state index is 0.146.